The van der Waals surface area contributed by atoms with Crippen molar-refractivity contribution in [3.63, 3.8) is 0 Å². The number of nitrogens with one attached hydrogen (secondary N) is 2. The number of rotatable bonds is 4. The minimum absolute atomic E-state index is 0.0612. The highest BCUT2D eigenvalue weighted by molar-refractivity contribution is 5.87. The second-order valence-corrected chi connectivity index (χ2v) is 10.4. The molecule has 7 atom stereocenters. The van der Waals surface area contributed by atoms with Gasteiger partial charge in [0.1, 0.15) is 11.9 Å². The molecule has 4 rings (SSSR count). The molecule has 0 heterocycles. The fraction of sp³-hybridized carbons (Fsp3) is 0.826. The molecule has 7 nitrogen and oxygen atoms in total. The van der Waals surface area contributed by atoms with Crippen molar-refractivity contribution in [2.24, 2.45) is 39.7 Å². The van der Waals surface area contributed by atoms with Crippen molar-refractivity contribution in [3.05, 3.63) is 0 Å². The lowest BCUT2D eigenvalue weighted by atomic mass is 9.45. The molecule has 4 saturated carbocycles. The summed E-state index contributed by atoms with van der Waals surface area (Å²) in [5, 5.41) is 13.2. The van der Waals surface area contributed by atoms with Gasteiger partial charge in [-0.25, -0.2) is 4.79 Å². The van der Waals surface area contributed by atoms with Gasteiger partial charge in [0.25, 0.3) is 0 Å². The topological polar surface area (TPSA) is 101 Å². The summed E-state index contributed by atoms with van der Waals surface area (Å²) < 4.78 is 5.66. The third-order valence-corrected chi connectivity index (χ3v) is 9.17. The van der Waals surface area contributed by atoms with E-state index >= 15 is 0 Å². The first-order chi connectivity index (χ1) is 14.3. The van der Waals surface area contributed by atoms with Gasteiger partial charge < -0.3 is 14.9 Å². The van der Waals surface area contributed by atoms with Crippen LogP contribution >= 0.6 is 0 Å². The molecule has 7 unspecified atom stereocenters. The summed E-state index contributed by atoms with van der Waals surface area (Å²) in [6.45, 7) is 7.78. The summed E-state index contributed by atoms with van der Waals surface area (Å²) in [6.07, 6.45) is 8.75. The van der Waals surface area contributed by atoms with E-state index in [2.05, 4.69) is 35.9 Å². The Labute approximate surface area is 178 Å². The normalized spacial score (nSPS) is 42.3. The first kappa shape index (κ1) is 21.3. The van der Waals surface area contributed by atoms with Gasteiger partial charge in [-0.2, -0.15) is 0 Å². The summed E-state index contributed by atoms with van der Waals surface area (Å²) in [5.41, 5.74) is 0.221. The number of alkyl carbamates (subject to hydrolysis) is 1. The van der Waals surface area contributed by atoms with Crippen LogP contribution in [0, 0.1) is 39.9 Å². The SMILES string of the molecule is C=NOC(=N)CNC(=O)OC1CCC2(C)C(CCC3C4CCC(=O)C4(C)CCC32)C1. The van der Waals surface area contributed by atoms with Crippen molar-refractivity contribution in [2.45, 2.75) is 77.7 Å². The zero-order valence-electron chi connectivity index (χ0n) is 18.2. The van der Waals surface area contributed by atoms with Crippen LogP contribution in [0.1, 0.15) is 71.6 Å². The van der Waals surface area contributed by atoms with Gasteiger partial charge in [-0.15, -0.1) is 0 Å². The maximum atomic E-state index is 12.6. The van der Waals surface area contributed by atoms with Gasteiger partial charge in [0.05, 0.1) is 6.54 Å². The minimum Gasteiger partial charge on any atom is -0.446 e. The van der Waals surface area contributed by atoms with Gasteiger partial charge in [0, 0.05) is 18.6 Å². The summed E-state index contributed by atoms with van der Waals surface area (Å²) in [7, 11) is 0. The molecule has 0 bridgehead atoms. The Bertz CT molecular complexity index is 740. The first-order valence-electron chi connectivity index (χ1n) is 11.5. The average molecular weight is 418 g/mol. The highest BCUT2D eigenvalue weighted by Crippen LogP contribution is 2.65. The molecule has 0 aliphatic heterocycles. The van der Waals surface area contributed by atoms with E-state index in [4.69, 9.17) is 10.1 Å². The molecule has 0 aromatic carbocycles. The number of hydrogen-bond acceptors (Lipinski definition) is 6. The quantitative estimate of drug-likeness (QED) is 0.404. The molecule has 0 saturated heterocycles. The van der Waals surface area contributed by atoms with E-state index in [1.165, 1.54) is 19.3 Å². The number of fused-ring (bicyclic) bond motifs is 5. The largest absolute Gasteiger partial charge is 0.446 e. The zero-order chi connectivity index (χ0) is 21.5. The molecule has 7 heteroatoms. The lowest BCUT2D eigenvalue weighted by molar-refractivity contribution is -0.142. The highest BCUT2D eigenvalue weighted by atomic mass is 16.6. The summed E-state index contributed by atoms with van der Waals surface area (Å²) in [6, 6.07) is 0. The van der Waals surface area contributed by atoms with E-state index in [-0.39, 0.29) is 29.4 Å². The van der Waals surface area contributed by atoms with E-state index in [0.717, 1.165) is 38.5 Å². The van der Waals surface area contributed by atoms with Crippen LogP contribution in [-0.4, -0.2) is 37.1 Å². The molecule has 30 heavy (non-hydrogen) atoms. The zero-order valence-corrected chi connectivity index (χ0v) is 18.2. The number of ketones is 1. The van der Waals surface area contributed by atoms with E-state index in [9.17, 15) is 9.59 Å². The first-order valence-corrected chi connectivity index (χ1v) is 11.5. The number of ether oxygens (including phenoxy) is 1. The van der Waals surface area contributed by atoms with Crippen molar-refractivity contribution >= 4 is 24.5 Å². The molecule has 0 spiro atoms. The Hall–Kier alpha value is -1.92. The predicted molar refractivity (Wildman–Crippen MR) is 113 cm³/mol. The second-order valence-electron chi connectivity index (χ2n) is 10.4. The van der Waals surface area contributed by atoms with Crippen LogP contribution in [0.25, 0.3) is 0 Å². The molecule has 0 aromatic heterocycles. The number of nitrogens with zero attached hydrogens (tertiary/aromatic N) is 1. The van der Waals surface area contributed by atoms with Gasteiger partial charge in [0.15, 0.2) is 0 Å². The Balaban J connectivity index is 1.36. The Morgan fingerprint density at radius 1 is 1.20 bits per heavy atom. The van der Waals surface area contributed by atoms with Crippen LogP contribution in [0.15, 0.2) is 5.16 Å². The van der Waals surface area contributed by atoms with Crippen molar-refractivity contribution in [1.29, 1.82) is 5.41 Å². The monoisotopic (exact) mass is 417 g/mol. The molecule has 166 valence electrons. The number of carbonyl (C=O) groups is 2. The fourth-order valence-corrected chi connectivity index (χ4v) is 7.55. The minimum atomic E-state index is -0.507. The van der Waals surface area contributed by atoms with Crippen molar-refractivity contribution in [2.75, 3.05) is 6.54 Å². The smallest absolute Gasteiger partial charge is 0.407 e. The molecule has 4 aliphatic carbocycles. The maximum absolute atomic E-state index is 12.6. The number of amides is 1. The lowest BCUT2D eigenvalue weighted by Crippen LogP contribution is -2.54. The number of hydrogen-bond donors (Lipinski definition) is 2. The van der Waals surface area contributed by atoms with Crippen molar-refractivity contribution in [1.82, 2.24) is 5.32 Å². The fourth-order valence-electron chi connectivity index (χ4n) is 7.55. The number of Topliss-reactive ketones (excluding diaryl/α,β-unsaturated/α-hetero) is 1. The van der Waals surface area contributed by atoms with Crippen LogP contribution in [-0.2, 0) is 14.4 Å². The summed E-state index contributed by atoms with van der Waals surface area (Å²) in [4.78, 5) is 29.2. The number of oxime groups is 1. The maximum Gasteiger partial charge on any atom is 0.407 e. The van der Waals surface area contributed by atoms with Crippen LogP contribution in [0.5, 0.6) is 0 Å². The second kappa shape index (κ2) is 7.97. The van der Waals surface area contributed by atoms with E-state index in [0.29, 0.717) is 29.5 Å². The average Bonchev–Trinajstić information content (AvgIpc) is 3.02. The molecule has 4 fully saturated rings. The Morgan fingerprint density at radius 2 is 2.00 bits per heavy atom. The predicted octanol–water partition coefficient (Wildman–Crippen LogP) is 4.30. The Kier molecular flexibility index (Phi) is 5.66. The van der Waals surface area contributed by atoms with E-state index in [1.807, 2.05) is 0 Å². The van der Waals surface area contributed by atoms with Crippen LogP contribution in [0.2, 0.25) is 0 Å². The standard InChI is InChI=1S/C23H35N3O4/c1-22-10-8-15(29-21(28)26-13-20(24)30-25-3)12-14(22)4-5-16-17-6-7-19(27)23(17,2)11-9-18(16)22/h14-18,24H,3-13H2,1-2H3,(H,26,28). The molecule has 2 N–H and O–H groups in total. The molecule has 0 aromatic rings. The summed E-state index contributed by atoms with van der Waals surface area (Å²) >= 11 is 0. The van der Waals surface area contributed by atoms with Gasteiger partial charge >= 0.3 is 6.09 Å². The van der Waals surface area contributed by atoms with Crippen LogP contribution in [0.4, 0.5) is 4.79 Å². The van der Waals surface area contributed by atoms with Gasteiger partial charge in [-0.1, -0.05) is 19.0 Å². The van der Waals surface area contributed by atoms with Crippen molar-refractivity contribution < 1.29 is 19.2 Å². The van der Waals surface area contributed by atoms with Crippen LogP contribution in [0.3, 0.4) is 0 Å². The molecular weight excluding hydrogens is 382 g/mol. The van der Waals surface area contributed by atoms with E-state index in [1.54, 1.807) is 0 Å². The van der Waals surface area contributed by atoms with E-state index < -0.39 is 6.09 Å². The van der Waals surface area contributed by atoms with Crippen molar-refractivity contribution in [3.8, 4) is 0 Å². The third kappa shape index (κ3) is 3.54. The highest BCUT2D eigenvalue weighted by Gasteiger charge is 2.60. The van der Waals surface area contributed by atoms with Gasteiger partial charge in [-0.05, 0) is 80.5 Å². The van der Waals surface area contributed by atoms with Gasteiger partial charge in [0.2, 0.25) is 5.90 Å². The number of carbonyl (C=O) groups excluding carboxylic acids is 2. The molecule has 1 amide bonds. The Morgan fingerprint density at radius 3 is 2.77 bits per heavy atom. The van der Waals surface area contributed by atoms with Crippen LogP contribution < -0.4 is 5.32 Å². The summed E-state index contributed by atoms with van der Waals surface area (Å²) in [5.74, 6) is 2.85. The molecule has 4 aliphatic rings. The lowest BCUT2D eigenvalue weighted by Gasteiger charge is -2.60. The molecule has 0 radical (unpaired) electrons. The molecular formula is C23H35N3O4. The van der Waals surface area contributed by atoms with Gasteiger partial charge in [-0.3, -0.25) is 10.2 Å². The third-order valence-electron chi connectivity index (χ3n) is 9.17.